The Morgan fingerprint density at radius 3 is 2.83 bits per heavy atom. The van der Waals surface area contributed by atoms with E-state index >= 15 is 0 Å². The van der Waals surface area contributed by atoms with Gasteiger partial charge >= 0.3 is 0 Å². The molecule has 6 heteroatoms. The van der Waals surface area contributed by atoms with Crippen LogP contribution in [0.3, 0.4) is 0 Å². The topological polar surface area (TPSA) is 54.9 Å². The summed E-state index contributed by atoms with van der Waals surface area (Å²) in [6.07, 6.45) is 1.69. The van der Waals surface area contributed by atoms with Crippen molar-refractivity contribution in [3.8, 4) is 0 Å². The predicted octanol–water partition coefficient (Wildman–Crippen LogP) is 4.20. The van der Waals surface area contributed by atoms with Gasteiger partial charge < -0.3 is 5.32 Å². The van der Waals surface area contributed by atoms with Gasteiger partial charge in [-0.1, -0.05) is 42.1 Å². The van der Waals surface area contributed by atoms with Gasteiger partial charge in [0, 0.05) is 16.5 Å². The second-order valence-electron chi connectivity index (χ2n) is 5.45. The number of hydrogen-bond donors (Lipinski definition) is 1. The van der Waals surface area contributed by atoms with Gasteiger partial charge in [0.2, 0.25) is 5.91 Å². The third kappa shape index (κ3) is 3.54. The highest BCUT2D eigenvalue weighted by atomic mass is 32.2. The van der Waals surface area contributed by atoms with Crippen LogP contribution in [0.1, 0.15) is 12.5 Å². The van der Waals surface area contributed by atoms with Crippen molar-refractivity contribution in [3.63, 3.8) is 0 Å². The molecule has 3 rings (SSSR count). The lowest BCUT2D eigenvalue weighted by molar-refractivity contribution is -0.115. The lowest BCUT2D eigenvalue weighted by atomic mass is 10.2. The third-order valence-electron chi connectivity index (χ3n) is 3.63. The Labute approximate surface area is 143 Å². The van der Waals surface area contributed by atoms with E-state index in [0.717, 1.165) is 10.8 Å². The molecule has 0 saturated carbocycles. The minimum atomic E-state index is -0.394. The van der Waals surface area contributed by atoms with Crippen molar-refractivity contribution in [2.24, 2.45) is 0 Å². The van der Waals surface area contributed by atoms with Crippen molar-refractivity contribution >= 4 is 34.1 Å². The Morgan fingerprint density at radius 2 is 2.04 bits per heavy atom. The number of carbonyl (C=O) groups excluding carboxylic acids is 1. The fourth-order valence-corrected chi connectivity index (χ4v) is 3.13. The van der Waals surface area contributed by atoms with Gasteiger partial charge in [-0.25, -0.2) is 4.39 Å². The summed E-state index contributed by atoms with van der Waals surface area (Å²) < 4.78 is 13.6. The number of fused-ring (bicyclic) bond motifs is 1. The lowest BCUT2D eigenvalue weighted by Gasteiger charge is -2.12. The lowest BCUT2D eigenvalue weighted by Crippen LogP contribution is -2.22. The van der Waals surface area contributed by atoms with E-state index in [1.165, 1.54) is 17.8 Å². The zero-order valence-electron chi connectivity index (χ0n) is 13.3. The molecule has 3 aromatic rings. The van der Waals surface area contributed by atoms with Crippen LogP contribution >= 0.6 is 11.8 Å². The number of rotatable bonds is 4. The number of aromatic nitrogens is 2. The number of thioether (sulfide) groups is 1. The summed E-state index contributed by atoms with van der Waals surface area (Å²) in [4.78, 5) is 12.3. The monoisotopic (exact) mass is 341 g/mol. The smallest absolute Gasteiger partial charge is 0.237 e. The maximum atomic E-state index is 13.6. The predicted molar refractivity (Wildman–Crippen MR) is 94.6 cm³/mol. The van der Waals surface area contributed by atoms with Crippen LogP contribution in [0.15, 0.2) is 53.7 Å². The summed E-state index contributed by atoms with van der Waals surface area (Å²) in [5.41, 5.74) is 0.987. The van der Waals surface area contributed by atoms with E-state index in [0.29, 0.717) is 16.3 Å². The molecule has 1 N–H and O–H groups in total. The SMILES string of the molecule is Cc1ccc(NC(=O)[C@H](C)Sc2nncc3ccccc23)cc1F. The van der Waals surface area contributed by atoms with Crippen molar-refractivity contribution < 1.29 is 9.18 Å². The molecule has 122 valence electrons. The Bertz CT molecular complexity index is 895. The van der Waals surface area contributed by atoms with Crippen LogP contribution in [0, 0.1) is 12.7 Å². The summed E-state index contributed by atoms with van der Waals surface area (Å²) in [6.45, 7) is 3.46. The van der Waals surface area contributed by atoms with Gasteiger partial charge in [-0.05, 0) is 31.5 Å². The van der Waals surface area contributed by atoms with Crippen molar-refractivity contribution in [1.82, 2.24) is 10.2 Å². The molecule has 0 fully saturated rings. The molecule has 24 heavy (non-hydrogen) atoms. The minimum absolute atomic E-state index is 0.210. The normalized spacial score (nSPS) is 12.1. The Hall–Kier alpha value is -2.47. The quantitative estimate of drug-likeness (QED) is 0.723. The van der Waals surface area contributed by atoms with E-state index in [-0.39, 0.29) is 11.7 Å². The Balaban J connectivity index is 1.75. The first kappa shape index (κ1) is 16.4. The summed E-state index contributed by atoms with van der Waals surface area (Å²) >= 11 is 1.33. The highest BCUT2D eigenvalue weighted by Crippen LogP contribution is 2.28. The molecule has 1 aromatic heterocycles. The molecule has 4 nitrogen and oxygen atoms in total. The van der Waals surface area contributed by atoms with Crippen LogP contribution in [-0.4, -0.2) is 21.4 Å². The molecule has 1 atom stereocenters. The van der Waals surface area contributed by atoms with Crippen molar-refractivity contribution in [3.05, 3.63) is 60.0 Å². The van der Waals surface area contributed by atoms with Crippen molar-refractivity contribution in [1.29, 1.82) is 0 Å². The molecular formula is C18H16FN3OS. The number of halogens is 1. The second kappa shape index (κ2) is 6.97. The number of amides is 1. The second-order valence-corrected chi connectivity index (χ2v) is 6.78. The number of hydrogen-bond acceptors (Lipinski definition) is 4. The first-order valence-corrected chi connectivity index (χ1v) is 8.36. The minimum Gasteiger partial charge on any atom is -0.325 e. The van der Waals surface area contributed by atoms with Crippen LogP contribution < -0.4 is 5.32 Å². The molecule has 0 aliphatic carbocycles. The van der Waals surface area contributed by atoms with E-state index in [2.05, 4.69) is 15.5 Å². The Morgan fingerprint density at radius 1 is 1.25 bits per heavy atom. The average molecular weight is 341 g/mol. The summed E-state index contributed by atoms with van der Waals surface area (Å²) in [6, 6.07) is 12.4. The molecule has 1 heterocycles. The zero-order valence-corrected chi connectivity index (χ0v) is 14.1. The van der Waals surface area contributed by atoms with Crippen LogP contribution in [-0.2, 0) is 4.79 Å². The molecule has 0 spiro atoms. The molecule has 1 amide bonds. The van der Waals surface area contributed by atoms with Crippen LogP contribution in [0.4, 0.5) is 10.1 Å². The standard InChI is InChI=1S/C18H16FN3OS/c1-11-7-8-14(9-16(11)19)21-17(23)12(2)24-18-15-6-4-3-5-13(15)10-20-22-18/h3-10,12H,1-2H3,(H,21,23)/t12-/m0/s1. The molecule has 0 radical (unpaired) electrons. The van der Waals surface area contributed by atoms with E-state index < -0.39 is 5.25 Å². The number of benzene rings is 2. The summed E-state index contributed by atoms with van der Waals surface area (Å²) in [7, 11) is 0. The molecule has 0 saturated heterocycles. The van der Waals surface area contributed by atoms with E-state index in [4.69, 9.17) is 0 Å². The Kier molecular flexibility index (Phi) is 4.76. The molecule has 0 bridgehead atoms. The highest BCUT2D eigenvalue weighted by Gasteiger charge is 2.17. The van der Waals surface area contributed by atoms with Crippen molar-refractivity contribution in [2.45, 2.75) is 24.1 Å². The maximum Gasteiger partial charge on any atom is 0.237 e. The van der Waals surface area contributed by atoms with Gasteiger partial charge in [0.05, 0.1) is 11.4 Å². The molecular weight excluding hydrogens is 325 g/mol. The van der Waals surface area contributed by atoms with Gasteiger partial charge in [0.1, 0.15) is 10.8 Å². The third-order valence-corrected chi connectivity index (χ3v) is 4.73. The van der Waals surface area contributed by atoms with Gasteiger partial charge in [0.15, 0.2) is 0 Å². The van der Waals surface area contributed by atoms with Crippen LogP contribution in [0.25, 0.3) is 10.8 Å². The number of anilines is 1. The molecule has 2 aromatic carbocycles. The van der Waals surface area contributed by atoms with Gasteiger partial charge in [0.25, 0.3) is 0 Å². The first-order chi connectivity index (χ1) is 11.5. The fourth-order valence-electron chi connectivity index (χ4n) is 2.22. The number of nitrogens with one attached hydrogen (secondary N) is 1. The fraction of sp³-hybridized carbons (Fsp3) is 0.167. The molecule has 0 aliphatic rings. The number of aryl methyl sites for hydroxylation is 1. The maximum absolute atomic E-state index is 13.6. The van der Waals surface area contributed by atoms with E-state index in [9.17, 15) is 9.18 Å². The van der Waals surface area contributed by atoms with Gasteiger partial charge in [-0.15, -0.1) is 5.10 Å². The molecule has 0 unspecified atom stereocenters. The van der Waals surface area contributed by atoms with Crippen molar-refractivity contribution in [2.75, 3.05) is 5.32 Å². The van der Waals surface area contributed by atoms with Crippen LogP contribution in [0.2, 0.25) is 0 Å². The van der Waals surface area contributed by atoms with Gasteiger partial charge in [-0.2, -0.15) is 5.10 Å². The first-order valence-electron chi connectivity index (χ1n) is 7.48. The zero-order chi connectivity index (χ0) is 17.1. The van der Waals surface area contributed by atoms with E-state index in [1.807, 2.05) is 24.3 Å². The van der Waals surface area contributed by atoms with E-state index in [1.54, 1.807) is 32.2 Å². The van der Waals surface area contributed by atoms with Gasteiger partial charge in [-0.3, -0.25) is 4.79 Å². The number of nitrogens with zero attached hydrogens (tertiary/aromatic N) is 2. The summed E-state index contributed by atoms with van der Waals surface area (Å²) in [5.74, 6) is -0.550. The van der Waals surface area contributed by atoms with Crippen LogP contribution in [0.5, 0.6) is 0 Å². The average Bonchev–Trinajstić information content (AvgIpc) is 2.58. The molecule has 0 aliphatic heterocycles. The summed E-state index contributed by atoms with van der Waals surface area (Å²) in [5, 5.41) is 13.1. The highest BCUT2D eigenvalue weighted by molar-refractivity contribution is 8.00. The number of carbonyl (C=O) groups is 1. The largest absolute Gasteiger partial charge is 0.325 e.